The number of aryl methyl sites for hydroxylation is 2. The van der Waals surface area contributed by atoms with Gasteiger partial charge < -0.3 is 15.7 Å². The van der Waals surface area contributed by atoms with Gasteiger partial charge in [0.15, 0.2) is 5.60 Å². The average molecular weight is 311 g/mol. The van der Waals surface area contributed by atoms with E-state index in [1.54, 1.807) is 12.1 Å². The van der Waals surface area contributed by atoms with Gasteiger partial charge in [-0.3, -0.25) is 9.59 Å². The van der Waals surface area contributed by atoms with Gasteiger partial charge in [0.2, 0.25) is 0 Å². The van der Waals surface area contributed by atoms with Crippen LogP contribution >= 0.6 is 11.6 Å². The number of nitrogens with two attached hydrogens (primary N) is 1. The van der Waals surface area contributed by atoms with Crippen LogP contribution in [0.4, 0.5) is 0 Å². The summed E-state index contributed by atoms with van der Waals surface area (Å²) in [5.74, 6) is -1.00. The fourth-order valence-electron chi connectivity index (χ4n) is 2.59. The van der Waals surface area contributed by atoms with Gasteiger partial charge in [0, 0.05) is 17.1 Å². The highest BCUT2D eigenvalue weighted by Crippen LogP contribution is 2.25. The molecule has 1 atom stereocenters. The number of β-amino-alcohol motifs (C(OH)–C–C–N with tert-alkyl or cyclic N) is 1. The number of aliphatic hydroxyl groups is 1. The molecule has 1 aromatic rings. The summed E-state index contributed by atoms with van der Waals surface area (Å²) in [7, 11) is 0. The fourth-order valence-corrected chi connectivity index (χ4v) is 2.81. The minimum Gasteiger partial charge on any atom is -0.378 e. The largest absolute Gasteiger partial charge is 0.378 e. The molecule has 1 unspecified atom stereocenters. The van der Waals surface area contributed by atoms with E-state index in [-0.39, 0.29) is 18.9 Å². The summed E-state index contributed by atoms with van der Waals surface area (Å²) in [4.78, 5) is 25.5. The van der Waals surface area contributed by atoms with Crippen molar-refractivity contribution < 1.29 is 14.7 Å². The molecule has 1 saturated heterocycles. The normalized spacial score (nSPS) is 22.2. The molecule has 0 aromatic heterocycles. The Morgan fingerprint density at radius 3 is 2.62 bits per heavy atom. The first kappa shape index (κ1) is 15.8. The van der Waals surface area contributed by atoms with Gasteiger partial charge in [-0.1, -0.05) is 11.6 Å². The predicted octanol–water partition coefficient (Wildman–Crippen LogP) is 1.41. The number of hydrogen-bond acceptors (Lipinski definition) is 3. The van der Waals surface area contributed by atoms with Crippen molar-refractivity contribution in [2.24, 2.45) is 5.73 Å². The van der Waals surface area contributed by atoms with Crippen molar-refractivity contribution in [3.05, 3.63) is 33.8 Å². The van der Waals surface area contributed by atoms with E-state index in [1.165, 1.54) is 4.90 Å². The van der Waals surface area contributed by atoms with Gasteiger partial charge in [-0.05, 0) is 49.9 Å². The molecule has 0 aliphatic carbocycles. The minimum absolute atomic E-state index is 0.0672. The Hall–Kier alpha value is -1.59. The summed E-state index contributed by atoms with van der Waals surface area (Å²) < 4.78 is 0. The molecule has 1 aliphatic rings. The van der Waals surface area contributed by atoms with Gasteiger partial charge in [0.05, 0.1) is 6.54 Å². The van der Waals surface area contributed by atoms with E-state index < -0.39 is 11.5 Å². The second-order valence-electron chi connectivity index (χ2n) is 5.64. The third-order valence-electron chi connectivity index (χ3n) is 3.95. The second-order valence-corrected chi connectivity index (χ2v) is 6.05. The minimum atomic E-state index is -1.64. The van der Waals surface area contributed by atoms with Crippen LogP contribution in [0.1, 0.15) is 34.3 Å². The van der Waals surface area contributed by atoms with Crippen molar-refractivity contribution in [2.45, 2.75) is 32.3 Å². The molecule has 5 nitrogen and oxygen atoms in total. The average Bonchev–Trinajstić information content (AvgIpc) is 2.42. The first-order valence-electron chi connectivity index (χ1n) is 6.83. The maximum atomic E-state index is 12.6. The van der Waals surface area contributed by atoms with E-state index in [9.17, 15) is 14.7 Å². The molecule has 0 radical (unpaired) electrons. The van der Waals surface area contributed by atoms with Gasteiger partial charge >= 0.3 is 0 Å². The Labute approximate surface area is 128 Å². The molecule has 0 saturated carbocycles. The molecule has 6 heteroatoms. The molecule has 2 amide bonds. The zero-order valence-electron chi connectivity index (χ0n) is 12.1. The number of primary amides is 1. The van der Waals surface area contributed by atoms with Crippen molar-refractivity contribution >= 4 is 23.4 Å². The summed E-state index contributed by atoms with van der Waals surface area (Å²) in [5, 5.41) is 10.8. The Balaban J connectivity index is 2.28. The number of benzene rings is 1. The zero-order chi connectivity index (χ0) is 15.8. The van der Waals surface area contributed by atoms with Crippen molar-refractivity contribution in [1.29, 1.82) is 0 Å². The van der Waals surface area contributed by atoms with E-state index in [0.29, 0.717) is 23.6 Å². The van der Waals surface area contributed by atoms with Crippen LogP contribution in [0.15, 0.2) is 12.1 Å². The fraction of sp³-hybridized carbons (Fsp3) is 0.467. The number of hydrogen-bond donors (Lipinski definition) is 2. The van der Waals surface area contributed by atoms with Crippen LogP contribution in [0, 0.1) is 13.8 Å². The van der Waals surface area contributed by atoms with E-state index in [1.807, 2.05) is 13.8 Å². The Bertz CT molecular complexity index is 603. The van der Waals surface area contributed by atoms with Crippen LogP contribution < -0.4 is 5.73 Å². The quantitative estimate of drug-likeness (QED) is 0.866. The van der Waals surface area contributed by atoms with Crippen LogP contribution in [0.3, 0.4) is 0 Å². The monoisotopic (exact) mass is 310 g/mol. The predicted molar refractivity (Wildman–Crippen MR) is 80.2 cm³/mol. The number of likely N-dealkylation sites (tertiary alicyclic amines) is 1. The van der Waals surface area contributed by atoms with Gasteiger partial charge in [0.1, 0.15) is 0 Å². The Kier molecular flexibility index (Phi) is 4.25. The highest BCUT2D eigenvalue weighted by atomic mass is 35.5. The standard InChI is InChI=1S/C15H19ClN2O3/c1-9-7-12(16)10(2)6-11(9)13(19)18-5-3-4-15(21,8-18)14(17)20/h6-7,21H,3-5,8H2,1-2H3,(H2,17,20). The molecular weight excluding hydrogens is 292 g/mol. The maximum Gasteiger partial charge on any atom is 0.254 e. The number of nitrogens with zero attached hydrogens (tertiary/aromatic N) is 1. The number of piperidine rings is 1. The topological polar surface area (TPSA) is 83.6 Å². The Morgan fingerprint density at radius 2 is 2.00 bits per heavy atom. The third kappa shape index (κ3) is 3.04. The summed E-state index contributed by atoms with van der Waals surface area (Å²) in [6.07, 6.45) is 0.821. The van der Waals surface area contributed by atoms with Crippen molar-refractivity contribution in [2.75, 3.05) is 13.1 Å². The van der Waals surface area contributed by atoms with Crippen LogP contribution in [-0.4, -0.2) is 40.5 Å². The molecular formula is C15H19ClN2O3. The van der Waals surface area contributed by atoms with Gasteiger partial charge in [-0.15, -0.1) is 0 Å². The Morgan fingerprint density at radius 1 is 1.33 bits per heavy atom. The maximum absolute atomic E-state index is 12.6. The molecule has 3 N–H and O–H groups in total. The summed E-state index contributed by atoms with van der Waals surface area (Å²) in [6.45, 7) is 4.06. The van der Waals surface area contributed by atoms with E-state index >= 15 is 0 Å². The zero-order valence-corrected chi connectivity index (χ0v) is 12.9. The number of rotatable bonds is 2. The van der Waals surface area contributed by atoms with Gasteiger partial charge in [0.25, 0.3) is 11.8 Å². The number of carbonyl (C=O) groups excluding carboxylic acids is 2. The molecule has 21 heavy (non-hydrogen) atoms. The molecule has 0 bridgehead atoms. The van der Waals surface area contributed by atoms with Crippen molar-refractivity contribution in [1.82, 2.24) is 4.90 Å². The lowest BCUT2D eigenvalue weighted by Crippen LogP contribution is -2.57. The first-order chi connectivity index (χ1) is 9.74. The van der Waals surface area contributed by atoms with Crippen LogP contribution in [-0.2, 0) is 4.79 Å². The highest BCUT2D eigenvalue weighted by Gasteiger charge is 2.40. The SMILES string of the molecule is Cc1cc(C(=O)N2CCCC(O)(C(N)=O)C2)c(C)cc1Cl. The van der Waals surface area contributed by atoms with E-state index in [2.05, 4.69) is 0 Å². The van der Waals surface area contributed by atoms with Crippen LogP contribution in [0.2, 0.25) is 5.02 Å². The molecule has 1 fully saturated rings. The summed E-state index contributed by atoms with van der Waals surface area (Å²) in [5.41, 5.74) is 5.71. The third-order valence-corrected chi connectivity index (χ3v) is 4.36. The molecule has 1 aliphatic heterocycles. The molecule has 114 valence electrons. The number of amides is 2. The van der Waals surface area contributed by atoms with Crippen LogP contribution in [0.5, 0.6) is 0 Å². The number of carbonyl (C=O) groups is 2. The summed E-state index contributed by atoms with van der Waals surface area (Å²) >= 11 is 6.04. The molecule has 1 aromatic carbocycles. The smallest absolute Gasteiger partial charge is 0.254 e. The molecule has 1 heterocycles. The van der Waals surface area contributed by atoms with Crippen molar-refractivity contribution in [3.63, 3.8) is 0 Å². The second kappa shape index (κ2) is 5.66. The lowest BCUT2D eigenvalue weighted by molar-refractivity contribution is -0.140. The lowest BCUT2D eigenvalue weighted by atomic mass is 9.91. The molecule has 0 spiro atoms. The summed E-state index contributed by atoms with van der Waals surface area (Å²) in [6, 6.07) is 3.48. The van der Waals surface area contributed by atoms with Gasteiger partial charge in [-0.25, -0.2) is 0 Å². The highest BCUT2D eigenvalue weighted by molar-refractivity contribution is 6.31. The van der Waals surface area contributed by atoms with E-state index in [4.69, 9.17) is 17.3 Å². The number of halogens is 1. The van der Waals surface area contributed by atoms with Crippen molar-refractivity contribution in [3.8, 4) is 0 Å². The van der Waals surface area contributed by atoms with Crippen LogP contribution in [0.25, 0.3) is 0 Å². The van der Waals surface area contributed by atoms with E-state index in [0.717, 1.165) is 11.1 Å². The van der Waals surface area contributed by atoms with Gasteiger partial charge in [-0.2, -0.15) is 0 Å². The lowest BCUT2D eigenvalue weighted by Gasteiger charge is -2.37. The first-order valence-corrected chi connectivity index (χ1v) is 7.21. The molecule has 2 rings (SSSR count).